The van der Waals surface area contributed by atoms with Crippen molar-refractivity contribution >= 4 is 5.91 Å². The molecule has 0 spiro atoms. The maximum absolute atomic E-state index is 12.5. The first kappa shape index (κ1) is 18.1. The Morgan fingerprint density at radius 1 is 0.917 bits per heavy atom. The van der Waals surface area contributed by atoms with Crippen molar-refractivity contribution in [1.29, 1.82) is 0 Å². The molecule has 1 amide bonds. The fourth-order valence-electron chi connectivity index (χ4n) is 2.80. The van der Waals surface area contributed by atoms with Gasteiger partial charge in [-0.25, -0.2) is 0 Å². The number of hydrogen-bond donors (Lipinski definition) is 1. The van der Waals surface area contributed by atoms with E-state index in [-0.39, 0.29) is 11.9 Å². The van der Waals surface area contributed by atoms with Crippen LogP contribution in [-0.2, 0) is 4.79 Å². The smallest absolute Gasteiger partial charge is 0.261 e. The molecule has 1 N–H and O–H groups in total. The van der Waals surface area contributed by atoms with Gasteiger partial charge in [0.25, 0.3) is 5.91 Å². The van der Waals surface area contributed by atoms with Gasteiger partial charge in [-0.15, -0.1) is 0 Å². The van der Waals surface area contributed by atoms with Gasteiger partial charge >= 0.3 is 0 Å². The molecule has 2 rings (SSSR count). The molecule has 0 saturated heterocycles. The summed E-state index contributed by atoms with van der Waals surface area (Å²) < 4.78 is 5.86. The van der Waals surface area contributed by atoms with Crippen molar-refractivity contribution in [3.8, 4) is 5.75 Å². The van der Waals surface area contributed by atoms with Gasteiger partial charge in [-0.3, -0.25) is 4.79 Å². The van der Waals surface area contributed by atoms with Crippen molar-refractivity contribution in [2.45, 2.75) is 53.7 Å². The summed E-state index contributed by atoms with van der Waals surface area (Å²) in [7, 11) is 0. The Balaban J connectivity index is 2.04. The molecule has 0 saturated carbocycles. The number of nitrogens with one attached hydrogen (secondary N) is 1. The summed E-state index contributed by atoms with van der Waals surface area (Å²) in [4.78, 5) is 12.5. The first-order valence-electron chi connectivity index (χ1n) is 8.39. The standard InChI is InChI=1S/C21H27NO2/c1-13-8-10-19(16(4)11-13)17(5)22-21(23)18(6)24-20-12-14(2)7-9-15(20)3/h7-12,17-18H,1-6H3,(H,22,23)/t17-,18-/m1/s1. The summed E-state index contributed by atoms with van der Waals surface area (Å²) in [5.41, 5.74) is 5.69. The van der Waals surface area contributed by atoms with Crippen LogP contribution in [0.5, 0.6) is 5.75 Å². The van der Waals surface area contributed by atoms with Crippen molar-refractivity contribution in [3.05, 3.63) is 64.2 Å². The monoisotopic (exact) mass is 325 g/mol. The number of carbonyl (C=O) groups excluding carboxylic acids is 1. The minimum Gasteiger partial charge on any atom is -0.481 e. The van der Waals surface area contributed by atoms with Gasteiger partial charge in [0, 0.05) is 0 Å². The molecule has 0 heterocycles. The lowest BCUT2D eigenvalue weighted by Crippen LogP contribution is -2.38. The molecule has 0 aliphatic heterocycles. The van der Waals surface area contributed by atoms with Crippen molar-refractivity contribution in [3.63, 3.8) is 0 Å². The van der Waals surface area contributed by atoms with Crippen molar-refractivity contribution in [2.75, 3.05) is 0 Å². The highest BCUT2D eigenvalue weighted by Gasteiger charge is 2.19. The number of amides is 1. The van der Waals surface area contributed by atoms with Crippen LogP contribution >= 0.6 is 0 Å². The fraction of sp³-hybridized carbons (Fsp3) is 0.381. The third kappa shape index (κ3) is 4.38. The number of benzene rings is 2. The summed E-state index contributed by atoms with van der Waals surface area (Å²) in [6, 6.07) is 12.2. The van der Waals surface area contributed by atoms with Crippen LogP contribution in [0.15, 0.2) is 36.4 Å². The SMILES string of the molecule is Cc1ccc([C@@H](C)NC(=O)[C@@H](C)Oc2cc(C)ccc2C)c(C)c1. The summed E-state index contributed by atoms with van der Waals surface area (Å²) in [5, 5.41) is 3.05. The Morgan fingerprint density at radius 2 is 1.54 bits per heavy atom. The van der Waals surface area contributed by atoms with Gasteiger partial charge in [0.15, 0.2) is 6.10 Å². The van der Waals surface area contributed by atoms with E-state index in [1.54, 1.807) is 6.92 Å². The Kier molecular flexibility index (Phi) is 5.66. The van der Waals surface area contributed by atoms with Gasteiger partial charge in [-0.05, 0) is 69.9 Å². The highest BCUT2D eigenvalue weighted by Crippen LogP contribution is 2.22. The van der Waals surface area contributed by atoms with E-state index < -0.39 is 6.10 Å². The maximum Gasteiger partial charge on any atom is 0.261 e. The molecule has 0 bridgehead atoms. The molecule has 128 valence electrons. The Hall–Kier alpha value is -2.29. The van der Waals surface area contributed by atoms with E-state index in [0.717, 1.165) is 22.4 Å². The summed E-state index contributed by atoms with van der Waals surface area (Å²) in [5.74, 6) is 0.653. The van der Waals surface area contributed by atoms with Crippen LogP contribution < -0.4 is 10.1 Å². The second-order valence-corrected chi connectivity index (χ2v) is 6.62. The molecule has 3 heteroatoms. The molecule has 0 aliphatic carbocycles. The molecule has 3 nitrogen and oxygen atoms in total. The molecule has 24 heavy (non-hydrogen) atoms. The third-order valence-corrected chi connectivity index (χ3v) is 4.27. The van der Waals surface area contributed by atoms with Crippen LogP contribution in [0.3, 0.4) is 0 Å². The van der Waals surface area contributed by atoms with E-state index >= 15 is 0 Å². The molecule has 0 aliphatic rings. The molecule has 2 atom stereocenters. The molecular weight excluding hydrogens is 298 g/mol. The van der Waals surface area contributed by atoms with Gasteiger partial charge in [0.05, 0.1) is 6.04 Å². The van der Waals surface area contributed by atoms with Crippen molar-refractivity contribution in [1.82, 2.24) is 5.32 Å². The van der Waals surface area contributed by atoms with Gasteiger partial charge in [-0.2, -0.15) is 0 Å². The lowest BCUT2D eigenvalue weighted by Gasteiger charge is -2.21. The lowest BCUT2D eigenvalue weighted by molar-refractivity contribution is -0.127. The Bertz CT molecular complexity index is 737. The van der Waals surface area contributed by atoms with Crippen LogP contribution in [-0.4, -0.2) is 12.0 Å². The van der Waals surface area contributed by atoms with Gasteiger partial charge in [0.1, 0.15) is 5.75 Å². The molecule has 0 unspecified atom stereocenters. The molecule has 2 aromatic carbocycles. The second-order valence-electron chi connectivity index (χ2n) is 6.62. The Morgan fingerprint density at radius 3 is 2.21 bits per heavy atom. The van der Waals surface area contributed by atoms with E-state index in [1.807, 2.05) is 39.0 Å². The van der Waals surface area contributed by atoms with Crippen LogP contribution in [0, 0.1) is 27.7 Å². The molecule has 0 radical (unpaired) electrons. The topological polar surface area (TPSA) is 38.3 Å². The van der Waals surface area contributed by atoms with Crippen LogP contribution in [0.25, 0.3) is 0 Å². The van der Waals surface area contributed by atoms with E-state index in [9.17, 15) is 4.79 Å². The zero-order valence-electron chi connectivity index (χ0n) is 15.4. The summed E-state index contributed by atoms with van der Waals surface area (Å²) in [6.07, 6.45) is -0.543. The van der Waals surface area contributed by atoms with Gasteiger partial charge in [-0.1, -0.05) is 35.9 Å². The van der Waals surface area contributed by atoms with E-state index in [4.69, 9.17) is 4.74 Å². The summed E-state index contributed by atoms with van der Waals surface area (Å²) in [6.45, 7) is 11.9. The normalized spacial score (nSPS) is 13.2. The molecule has 0 aromatic heterocycles. The molecule has 2 aromatic rings. The number of ether oxygens (including phenoxy) is 1. The summed E-state index contributed by atoms with van der Waals surface area (Å²) >= 11 is 0. The van der Waals surface area contributed by atoms with Crippen LogP contribution in [0.4, 0.5) is 0 Å². The van der Waals surface area contributed by atoms with Crippen molar-refractivity contribution in [2.24, 2.45) is 0 Å². The first-order valence-corrected chi connectivity index (χ1v) is 8.39. The average Bonchev–Trinajstić information content (AvgIpc) is 2.50. The predicted molar refractivity (Wildman–Crippen MR) is 98.5 cm³/mol. The average molecular weight is 325 g/mol. The second kappa shape index (κ2) is 7.52. The number of carbonyl (C=O) groups is 1. The van der Waals surface area contributed by atoms with E-state index in [2.05, 4.69) is 37.4 Å². The third-order valence-electron chi connectivity index (χ3n) is 4.27. The van der Waals surface area contributed by atoms with E-state index in [0.29, 0.717) is 0 Å². The predicted octanol–water partition coefficient (Wildman–Crippen LogP) is 4.56. The first-order chi connectivity index (χ1) is 11.3. The van der Waals surface area contributed by atoms with Gasteiger partial charge < -0.3 is 10.1 Å². The fourth-order valence-corrected chi connectivity index (χ4v) is 2.80. The van der Waals surface area contributed by atoms with Crippen LogP contribution in [0.1, 0.15) is 47.7 Å². The maximum atomic E-state index is 12.5. The quantitative estimate of drug-likeness (QED) is 0.875. The largest absolute Gasteiger partial charge is 0.481 e. The molecule has 0 fully saturated rings. The highest BCUT2D eigenvalue weighted by molar-refractivity contribution is 5.81. The zero-order valence-corrected chi connectivity index (χ0v) is 15.4. The number of hydrogen-bond acceptors (Lipinski definition) is 2. The highest BCUT2D eigenvalue weighted by atomic mass is 16.5. The van der Waals surface area contributed by atoms with E-state index in [1.165, 1.54) is 11.1 Å². The zero-order chi connectivity index (χ0) is 17.9. The number of aryl methyl sites for hydroxylation is 4. The minimum atomic E-state index is -0.543. The number of rotatable bonds is 5. The van der Waals surface area contributed by atoms with Crippen LogP contribution in [0.2, 0.25) is 0 Å². The minimum absolute atomic E-state index is 0.0530. The lowest BCUT2D eigenvalue weighted by atomic mass is 10.00. The van der Waals surface area contributed by atoms with Crippen molar-refractivity contribution < 1.29 is 9.53 Å². The molecular formula is C21H27NO2. The van der Waals surface area contributed by atoms with Gasteiger partial charge in [0.2, 0.25) is 0 Å². The Labute approximate surface area is 145 Å².